The maximum absolute atomic E-state index is 5.75. The van der Waals surface area contributed by atoms with E-state index < -0.39 is 0 Å². The molecule has 0 spiro atoms. The number of halogens is 1. The highest BCUT2D eigenvalue weighted by atomic mass is 79.9. The third kappa shape index (κ3) is 2.98. The monoisotopic (exact) mass is 336 g/mol. The molecule has 2 rings (SSSR count). The minimum atomic E-state index is 0.791. The number of nitrogen functional groups attached to an aromatic ring is 1. The number of rotatable bonds is 5. The summed E-state index contributed by atoms with van der Waals surface area (Å²) in [5.41, 5.74) is 10.0. The van der Waals surface area contributed by atoms with E-state index in [0.29, 0.717) is 0 Å². The van der Waals surface area contributed by atoms with Crippen LogP contribution in [-0.4, -0.2) is 16.3 Å². The molecule has 0 aliphatic heterocycles. The first kappa shape index (κ1) is 14.9. The zero-order chi connectivity index (χ0) is 14.7. The highest BCUT2D eigenvalue weighted by Crippen LogP contribution is 2.25. The van der Waals surface area contributed by atoms with E-state index >= 15 is 0 Å². The van der Waals surface area contributed by atoms with Gasteiger partial charge in [-0.05, 0) is 53.5 Å². The van der Waals surface area contributed by atoms with Crippen LogP contribution in [0.5, 0.6) is 0 Å². The molecule has 108 valence electrons. The predicted octanol–water partition coefficient (Wildman–Crippen LogP) is 3.35. The molecular weight excluding hydrogens is 316 g/mol. The number of hydrogen-bond donors (Lipinski definition) is 1. The van der Waals surface area contributed by atoms with Crippen molar-refractivity contribution in [2.24, 2.45) is 7.05 Å². The second kappa shape index (κ2) is 6.31. The van der Waals surface area contributed by atoms with Crippen molar-refractivity contribution < 1.29 is 0 Å². The van der Waals surface area contributed by atoms with E-state index in [4.69, 9.17) is 5.73 Å². The Labute approximate surface area is 128 Å². The molecule has 1 heterocycles. The maximum Gasteiger partial charge on any atom is 0.0767 e. The van der Waals surface area contributed by atoms with Gasteiger partial charge in [0.25, 0.3) is 0 Å². The van der Waals surface area contributed by atoms with Gasteiger partial charge in [-0.25, -0.2) is 0 Å². The summed E-state index contributed by atoms with van der Waals surface area (Å²) in [5, 5.41) is 4.55. The lowest BCUT2D eigenvalue weighted by Crippen LogP contribution is -2.23. The largest absolute Gasteiger partial charge is 0.399 e. The number of nitrogens with zero attached hydrogens (tertiary/aromatic N) is 3. The molecule has 2 N–H and O–H groups in total. The molecule has 0 aliphatic carbocycles. The molecule has 0 amide bonds. The SMILES string of the molecule is CCc1nn(C)c(CN(CC)c2ccc(N)cc2)c1Br. The molecule has 0 atom stereocenters. The molecule has 5 heteroatoms. The zero-order valence-electron chi connectivity index (χ0n) is 12.2. The number of aryl methyl sites for hydroxylation is 2. The number of anilines is 2. The topological polar surface area (TPSA) is 47.1 Å². The van der Waals surface area contributed by atoms with E-state index in [9.17, 15) is 0 Å². The van der Waals surface area contributed by atoms with Crippen molar-refractivity contribution in [3.8, 4) is 0 Å². The van der Waals surface area contributed by atoms with Crippen LogP contribution in [0.25, 0.3) is 0 Å². The van der Waals surface area contributed by atoms with Gasteiger partial charge in [-0.2, -0.15) is 5.10 Å². The van der Waals surface area contributed by atoms with Crippen molar-refractivity contribution in [3.63, 3.8) is 0 Å². The smallest absolute Gasteiger partial charge is 0.0767 e. The Kier molecular flexibility index (Phi) is 4.70. The summed E-state index contributed by atoms with van der Waals surface area (Å²) in [5.74, 6) is 0. The quantitative estimate of drug-likeness (QED) is 0.851. The van der Waals surface area contributed by atoms with Gasteiger partial charge < -0.3 is 10.6 Å². The van der Waals surface area contributed by atoms with E-state index in [1.165, 1.54) is 11.4 Å². The van der Waals surface area contributed by atoms with Crippen LogP contribution in [0, 0.1) is 0 Å². The molecule has 0 unspecified atom stereocenters. The van der Waals surface area contributed by atoms with Gasteiger partial charge in [-0.1, -0.05) is 6.92 Å². The van der Waals surface area contributed by atoms with Crippen LogP contribution in [0.4, 0.5) is 11.4 Å². The number of hydrogen-bond acceptors (Lipinski definition) is 3. The summed E-state index contributed by atoms with van der Waals surface area (Å²) in [6.07, 6.45) is 0.933. The van der Waals surface area contributed by atoms with Crippen molar-refractivity contribution in [2.75, 3.05) is 17.2 Å². The Morgan fingerprint density at radius 1 is 1.25 bits per heavy atom. The van der Waals surface area contributed by atoms with Crippen LogP contribution in [0.15, 0.2) is 28.7 Å². The van der Waals surface area contributed by atoms with Crippen molar-refractivity contribution in [1.29, 1.82) is 0 Å². The molecule has 1 aromatic carbocycles. The average Bonchev–Trinajstić information content (AvgIpc) is 2.72. The van der Waals surface area contributed by atoms with E-state index in [1.807, 2.05) is 23.9 Å². The fourth-order valence-electron chi connectivity index (χ4n) is 2.24. The van der Waals surface area contributed by atoms with Crippen LogP contribution in [0.2, 0.25) is 0 Å². The first-order valence-corrected chi connectivity index (χ1v) is 7.66. The molecule has 0 fully saturated rings. The third-order valence-electron chi connectivity index (χ3n) is 3.48. The fourth-order valence-corrected chi connectivity index (χ4v) is 2.98. The van der Waals surface area contributed by atoms with Crippen LogP contribution < -0.4 is 10.6 Å². The van der Waals surface area contributed by atoms with Gasteiger partial charge in [0.05, 0.1) is 22.4 Å². The van der Waals surface area contributed by atoms with Crippen LogP contribution >= 0.6 is 15.9 Å². The first-order chi connectivity index (χ1) is 9.56. The van der Waals surface area contributed by atoms with Gasteiger partial charge in [-0.3, -0.25) is 4.68 Å². The summed E-state index contributed by atoms with van der Waals surface area (Å²) < 4.78 is 3.08. The first-order valence-electron chi connectivity index (χ1n) is 6.87. The van der Waals surface area contributed by atoms with E-state index in [2.05, 4.69) is 51.9 Å². The third-order valence-corrected chi connectivity index (χ3v) is 4.40. The standard InChI is InChI=1S/C15H21BrN4/c1-4-13-15(16)14(19(3)18-13)10-20(5-2)12-8-6-11(17)7-9-12/h6-9H,4-5,10,17H2,1-3H3. The average molecular weight is 337 g/mol. The number of aromatic nitrogens is 2. The van der Waals surface area contributed by atoms with Gasteiger partial charge in [-0.15, -0.1) is 0 Å². The number of nitrogens with two attached hydrogens (primary N) is 1. The summed E-state index contributed by atoms with van der Waals surface area (Å²) >= 11 is 3.67. The molecule has 0 aliphatic rings. The Morgan fingerprint density at radius 2 is 1.90 bits per heavy atom. The summed E-state index contributed by atoms with van der Waals surface area (Å²) in [7, 11) is 2.00. The van der Waals surface area contributed by atoms with Gasteiger partial charge in [0, 0.05) is 25.0 Å². The molecule has 0 radical (unpaired) electrons. The predicted molar refractivity (Wildman–Crippen MR) is 87.9 cm³/mol. The zero-order valence-corrected chi connectivity index (χ0v) is 13.8. The van der Waals surface area contributed by atoms with Crippen LogP contribution in [-0.2, 0) is 20.0 Å². The van der Waals surface area contributed by atoms with Crippen LogP contribution in [0.1, 0.15) is 25.2 Å². The Balaban J connectivity index is 2.26. The minimum absolute atomic E-state index is 0.791. The maximum atomic E-state index is 5.75. The minimum Gasteiger partial charge on any atom is -0.399 e. The summed E-state index contributed by atoms with van der Waals surface area (Å²) in [6.45, 7) is 6.03. The Morgan fingerprint density at radius 3 is 2.40 bits per heavy atom. The molecule has 2 aromatic rings. The lowest BCUT2D eigenvalue weighted by Gasteiger charge is -2.23. The van der Waals surface area contributed by atoms with Crippen molar-refractivity contribution >= 4 is 27.3 Å². The van der Waals surface area contributed by atoms with Gasteiger partial charge >= 0.3 is 0 Å². The molecule has 0 saturated heterocycles. The lowest BCUT2D eigenvalue weighted by atomic mass is 10.2. The van der Waals surface area contributed by atoms with Gasteiger partial charge in [0.15, 0.2) is 0 Å². The lowest BCUT2D eigenvalue weighted by molar-refractivity contribution is 0.677. The highest BCUT2D eigenvalue weighted by Gasteiger charge is 2.15. The van der Waals surface area contributed by atoms with Gasteiger partial charge in [0.1, 0.15) is 0 Å². The molecule has 4 nitrogen and oxygen atoms in total. The van der Waals surface area contributed by atoms with E-state index in [0.717, 1.165) is 35.4 Å². The Bertz CT molecular complexity index is 574. The van der Waals surface area contributed by atoms with Gasteiger partial charge in [0.2, 0.25) is 0 Å². The fraction of sp³-hybridized carbons (Fsp3) is 0.400. The summed E-state index contributed by atoms with van der Waals surface area (Å²) in [4.78, 5) is 2.31. The van der Waals surface area contributed by atoms with Crippen molar-refractivity contribution in [2.45, 2.75) is 26.8 Å². The highest BCUT2D eigenvalue weighted by molar-refractivity contribution is 9.10. The van der Waals surface area contributed by atoms with Crippen LogP contribution in [0.3, 0.4) is 0 Å². The normalized spacial score (nSPS) is 10.8. The summed E-state index contributed by atoms with van der Waals surface area (Å²) in [6, 6.07) is 8.00. The number of benzene rings is 1. The Hall–Kier alpha value is -1.49. The molecule has 0 bridgehead atoms. The van der Waals surface area contributed by atoms with Crippen molar-refractivity contribution in [3.05, 3.63) is 40.1 Å². The molecule has 20 heavy (non-hydrogen) atoms. The van der Waals surface area contributed by atoms with E-state index in [1.54, 1.807) is 0 Å². The van der Waals surface area contributed by atoms with E-state index in [-0.39, 0.29) is 0 Å². The molecular formula is C15H21BrN4. The second-order valence-corrected chi connectivity index (χ2v) is 5.58. The molecule has 0 saturated carbocycles. The molecule has 1 aromatic heterocycles. The second-order valence-electron chi connectivity index (χ2n) is 4.79. The van der Waals surface area contributed by atoms with Crippen molar-refractivity contribution in [1.82, 2.24) is 9.78 Å².